The number of ketones is 1. The van der Waals surface area contributed by atoms with Crippen molar-refractivity contribution in [2.24, 2.45) is 0 Å². The standard InChI is InChI=1S/C23H21ClFNO4/c1-30-18-11-8-14(24)12-17(18)21(27)19-20(13-6-9-15(25)10-7-13)26(23(29)22(19)28)16-4-2-3-5-16/h6-12,16,20,27H,2-5H2,1H3/b21-19+. The lowest BCUT2D eigenvalue weighted by Gasteiger charge is -2.30. The molecule has 1 amide bonds. The molecule has 156 valence electrons. The number of methoxy groups -OCH3 is 1. The van der Waals surface area contributed by atoms with E-state index in [0.29, 0.717) is 16.3 Å². The molecule has 1 saturated carbocycles. The number of hydrogen-bond acceptors (Lipinski definition) is 4. The smallest absolute Gasteiger partial charge is 0.295 e. The first-order valence-corrected chi connectivity index (χ1v) is 10.2. The average Bonchev–Trinajstić information content (AvgIpc) is 3.35. The van der Waals surface area contributed by atoms with Crippen LogP contribution in [0.25, 0.3) is 5.76 Å². The van der Waals surface area contributed by atoms with E-state index >= 15 is 0 Å². The van der Waals surface area contributed by atoms with Gasteiger partial charge in [-0.3, -0.25) is 9.59 Å². The molecule has 0 bridgehead atoms. The van der Waals surface area contributed by atoms with E-state index in [4.69, 9.17) is 16.3 Å². The van der Waals surface area contributed by atoms with Crippen LogP contribution in [-0.2, 0) is 9.59 Å². The number of carbonyl (C=O) groups excluding carboxylic acids is 2. The first-order valence-electron chi connectivity index (χ1n) is 9.82. The first kappa shape index (κ1) is 20.4. The van der Waals surface area contributed by atoms with Gasteiger partial charge in [0, 0.05) is 11.1 Å². The number of ether oxygens (including phenoxy) is 1. The van der Waals surface area contributed by atoms with E-state index in [9.17, 15) is 19.1 Å². The minimum atomic E-state index is -0.808. The van der Waals surface area contributed by atoms with E-state index in [2.05, 4.69) is 0 Å². The molecule has 30 heavy (non-hydrogen) atoms. The molecule has 1 aliphatic carbocycles. The van der Waals surface area contributed by atoms with E-state index in [1.165, 1.54) is 37.4 Å². The van der Waals surface area contributed by atoms with Gasteiger partial charge in [-0.2, -0.15) is 0 Å². The zero-order valence-electron chi connectivity index (χ0n) is 16.4. The highest BCUT2D eigenvalue weighted by atomic mass is 35.5. The van der Waals surface area contributed by atoms with Gasteiger partial charge in [0.2, 0.25) is 0 Å². The second-order valence-corrected chi connectivity index (χ2v) is 7.98. The number of halogens is 2. The maximum absolute atomic E-state index is 13.5. The zero-order valence-corrected chi connectivity index (χ0v) is 17.2. The highest BCUT2D eigenvalue weighted by Gasteiger charge is 2.49. The molecule has 0 aromatic heterocycles. The fourth-order valence-electron chi connectivity index (χ4n) is 4.39. The Hall–Kier alpha value is -2.86. The van der Waals surface area contributed by atoms with E-state index in [-0.39, 0.29) is 22.9 Å². The minimum Gasteiger partial charge on any atom is -0.507 e. The van der Waals surface area contributed by atoms with Crippen LogP contribution in [0.3, 0.4) is 0 Å². The topological polar surface area (TPSA) is 66.8 Å². The number of benzene rings is 2. The van der Waals surface area contributed by atoms with Crippen molar-refractivity contribution in [3.8, 4) is 5.75 Å². The summed E-state index contributed by atoms with van der Waals surface area (Å²) < 4.78 is 18.9. The van der Waals surface area contributed by atoms with Crippen LogP contribution >= 0.6 is 11.6 Å². The van der Waals surface area contributed by atoms with Gasteiger partial charge in [-0.25, -0.2) is 4.39 Å². The van der Waals surface area contributed by atoms with Crippen molar-refractivity contribution in [2.45, 2.75) is 37.8 Å². The minimum absolute atomic E-state index is 0.0425. The van der Waals surface area contributed by atoms with E-state index in [1.807, 2.05) is 0 Å². The Labute approximate surface area is 178 Å². The van der Waals surface area contributed by atoms with Crippen molar-refractivity contribution in [3.05, 3.63) is 70.0 Å². The number of nitrogens with zero attached hydrogens (tertiary/aromatic N) is 1. The normalized spacial score (nSPS) is 21.4. The third-order valence-corrected chi connectivity index (χ3v) is 6.04. The largest absolute Gasteiger partial charge is 0.507 e. The lowest BCUT2D eigenvalue weighted by atomic mass is 9.94. The predicted octanol–water partition coefficient (Wildman–Crippen LogP) is 4.85. The van der Waals surface area contributed by atoms with Crippen molar-refractivity contribution in [2.75, 3.05) is 7.11 Å². The number of aliphatic hydroxyl groups excluding tert-OH is 1. The summed E-state index contributed by atoms with van der Waals surface area (Å²) in [7, 11) is 1.44. The summed E-state index contributed by atoms with van der Waals surface area (Å²) in [5.74, 6) is -1.88. The Morgan fingerprint density at radius 2 is 1.80 bits per heavy atom. The molecular weight excluding hydrogens is 409 g/mol. The molecule has 1 unspecified atom stereocenters. The SMILES string of the molecule is COc1ccc(Cl)cc1/C(O)=C1\C(=O)C(=O)N(C2CCCC2)C1c1ccc(F)cc1. The Morgan fingerprint density at radius 1 is 1.13 bits per heavy atom. The van der Waals surface area contributed by atoms with Crippen LogP contribution in [0.15, 0.2) is 48.0 Å². The molecule has 7 heteroatoms. The maximum Gasteiger partial charge on any atom is 0.295 e. The molecule has 1 saturated heterocycles. The number of aliphatic hydroxyl groups is 1. The fraction of sp³-hybridized carbons (Fsp3) is 0.304. The van der Waals surface area contributed by atoms with Gasteiger partial charge in [-0.05, 0) is 48.7 Å². The quantitative estimate of drug-likeness (QED) is 0.428. The van der Waals surface area contributed by atoms with E-state index in [0.717, 1.165) is 25.7 Å². The predicted molar refractivity (Wildman–Crippen MR) is 111 cm³/mol. The number of carbonyl (C=O) groups is 2. The second kappa shape index (κ2) is 8.11. The van der Waals surface area contributed by atoms with Crippen LogP contribution in [-0.4, -0.2) is 34.8 Å². The number of likely N-dealkylation sites (tertiary alicyclic amines) is 1. The summed E-state index contributed by atoms with van der Waals surface area (Å²) in [4.78, 5) is 27.6. The number of rotatable bonds is 4. The Bertz CT molecular complexity index is 1030. The lowest BCUT2D eigenvalue weighted by molar-refractivity contribution is -0.141. The molecular formula is C23H21ClFNO4. The van der Waals surface area contributed by atoms with Crippen molar-refractivity contribution in [3.63, 3.8) is 0 Å². The molecule has 5 nitrogen and oxygen atoms in total. The Morgan fingerprint density at radius 3 is 2.43 bits per heavy atom. The molecule has 0 radical (unpaired) electrons. The number of hydrogen-bond donors (Lipinski definition) is 1. The lowest BCUT2D eigenvalue weighted by Crippen LogP contribution is -2.37. The van der Waals surface area contributed by atoms with E-state index in [1.54, 1.807) is 17.0 Å². The summed E-state index contributed by atoms with van der Waals surface area (Å²) >= 11 is 6.10. The highest BCUT2D eigenvalue weighted by molar-refractivity contribution is 6.46. The van der Waals surface area contributed by atoms with Crippen LogP contribution < -0.4 is 4.74 Å². The maximum atomic E-state index is 13.5. The summed E-state index contributed by atoms with van der Waals surface area (Å²) in [5, 5.41) is 11.5. The molecule has 2 aliphatic rings. The van der Waals surface area contributed by atoms with Crippen molar-refractivity contribution < 1.29 is 23.8 Å². The number of Topliss-reactive ketones (excluding diaryl/α,β-unsaturated/α-hetero) is 1. The molecule has 1 atom stereocenters. The van der Waals surface area contributed by atoms with Gasteiger partial charge in [0.25, 0.3) is 11.7 Å². The monoisotopic (exact) mass is 429 g/mol. The van der Waals surface area contributed by atoms with E-state index < -0.39 is 23.5 Å². The second-order valence-electron chi connectivity index (χ2n) is 7.54. The number of amides is 1. The van der Waals surface area contributed by atoms with Gasteiger partial charge >= 0.3 is 0 Å². The summed E-state index contributed by atoms with van der Waals surface area (Å²) in [6, 6.07) is 9.39. The highest BCUT2D eigenvalue weighted by Crippen LogP contribution is 2.44. The van der Waals surface area contributed by atoms with Crippen LogP contribution in [0.5, 0.6) is 5.75 Å². The Kier molecular flexibility index (Phi) is 5.52. The zero-order chi connectivity index (χ0) is 21.4. The molecule has 2 aromatic carbocycles. The van der Waals surface area contributed by atoms with Gasteiger partial charge in [-0.1, -0.05) is 36.6 Å². The van der Waals surface area contributed by atoms with Gasteiger partial charge in [-0.15, -0.1) is 0 Å². The summed E-state index contributed by atoms with van der Waals surface area (Å²) in [6.45, 7) is 0. The summed E-state index contributed by atoms with van der Waals surface area (Å²) in [5.41, 5.74) is 0.741. The van der Waals surface area contributed by atoms with Crippen molar-refractivity contribution in [1.29, 1.82) is 0 Å². The third-order valence-electron chi connectivity index (χ3n) is 5.80. The van der Waals surface area contributed by atoms with Crippen molar-refractivity contribution in [1.82, 2.24) is 4.90 Å². The van der Waals surface area contributed by atoms with Gasteiger partial charge < -0.3 is 14.7 Å². The van der Waals surface area contributed by atoms with Crippen LogP contribution in [0.2, 0.25) is 5.02 Å². The van der Waals surface area contributed by atoms with Crippen LogP contribution in [0, 0.1) is 5.82 Å². The molecule has 1 aliphatic heterocycles. The average molecular weight is 430 g/mol. The molecule has 1 heterocycles. The van der Waals surface area contributed by atoms with Crippen molar-refractivity contribution >= 4 is 29.1 Å². The molecule has 2 fully saturated rings. The molecule has 0 spiro atoms. The fourth-order valence-corrected chi connectivity index (χ4v) is 4.56. The van der Waals surface area contributed by atoms with Gasteiger partial charge in [0.15, 0.2) is 0 Å². The van der Waals surface area contributed by atoms with Crippen LogP contribution in [0.4, 0.5) is 4.39 Å². The summed E-state index contributed by atoms with van der Waals surface area (Å²) in [6.07, 6.45) is 3.49. The van der Waals surface area contributed by atoms with Crippen LogP contribution in [0.1, 0.15) is 42.9 Å². The molecule has 1 N–H and O–H groups in total. The van der Waals surface area contributed by atoms with Gasteiger partial charge in [0.05, 0.1) is 24.3 Å². The first-order chi connectivity index (χ1) is 14.4. The Balaban J connectivity index is 1.92. The molecule has 4 rings (SSSR count). The third kappa shape index (κ3) is 3.45. The molecule has 2 aromatic rings. The van der Waals surface area contributed by atoms with Gasteiger partial charge in [0.1, 0.15) is 17.3 Å².